The summed E-state index contributed by atoms with van der Waals surface area (Å²) in [5.74, 6) is -0.363. The Hall–Kier alpha value is -1.57. The topological polar surface area (TPSA) is 59.0 Å². The fourth-order valence-corrected chi connectivity index (χ4v) is 2.05. The molecule has 0 aliphatic carbocycles. The molecule has 0 bridgehead atoms. The first-order valence-corrected chi connectivity index (χ1v) is 5.95. The lowest BCUT2D eigenvalue weighted by Gasteiger charge is -2.31. The van der Waals surface area contributed by atoms with Gasteiger partial charge >= 0.3 is 6.18 Å². The van der Waals surface area contributed by atoms with Crippen molar-refractivity contribution in [1.82, 2.24) is 20.2 Å². The number of aryl methyl sites for hydroxylation is 1. The molecule has 0 radical (unpaired) electrons. The summed E-state index contributed by atoms with van der Waals surface area (Å²) >= 11 is 0. The smallest absolute Gasteiger partial charge is 0.347 e. The minimum atomic E-state index is -4.23. The predicted molar refractivity (Wildman–Crippen MR) is 61.5 cm³/mol. The zero-order valence-corrected chi connectivity index (χ0v) is 10.4. The molecule has 1 amide bonds. The Morgan fingerprint density at radius 3 is 2.74 bits per heavy atom. The van der Waals surface area contributed by atoms with Crippen LogP contribution in [0.15, 0.2) is 12.5 Å². The van der Waals surface area contributed by atoms with Crippen molar-refractivity contribution in [1.29, 1.82) is 0 Å². The van der Waals surface area contributed by atoms with Crippen LogP contribution in [0.4, 0.5) is 13.2 Å². The summed E-state index contributed by atoms with van der Waals surface area (Å²) < 4.78 is 38.9. The Labute approximate surface area is 108 Å². The van der Waals surface area contributed by atoms with E-state index in [0.29, 0.717) is 6.42 Å². The predicted octanol–water partition coefficient (Wildman–Crippen LogP) is 0.833. The molecule has 106 valence electrons. The van der Waals surface area contributed by atoms with Crippen molar-refractivity contribution >= 4 is 5.91 Å². The van der Waals surface area contributed by atoms with Crippen LogP contribution < -0.4 is 10.6 Å². The third kappa shape index (κ3) is 3.46. The van der Waals surface area contributed by atoms with E-state index in [0.717, 1.165) is 0 Å². The Morgan fingerprint density at radius 1 is 1.53 bits per heavy atom. The molecule has 1 saturated heterocycles. The Morgan fingerprint density at radius 2 is 2.26 bits per heavy atom. The highest BCUT2D eigenvalue weighted by molar-refractivity contribution is 5.92. The number of alkyl halides is 3. The first-order chi connectivity index (χ1) is 8.86. The largest absolute Gasteiger partial charge is 0.403 e. The fourth-order valence-electron chi connectivity index (χ4n) is 2.05. The van der Waals surface area contributed by atoms with E-state index in [1.165, 1.54) is 6.33 Å². The summed E-state index contributed by atoms with van der Waals surface area (Å²) in [6.45, 7) is 0.114. The molecule has 2 heterocycles. The minimum absolute atomic E-state index is 0.0311. The van der Waals surface area contributed by atoms with Crippen LogP contribution in [0, 0.1) is 0 Å². The highest BCUT2D eigenvalue weighted by atomic mass is 19.4. The number of nitrogens with one attached hydrogen (secondary N) is 2. The number of hydrogen-bond acceptors (Lipinski definition) is 3. The van der Waals surface area contributed by atoms with E-state index in [4.69, 9.17) is 0 Å². The summed E-state index contributed by atoms with van der Waals surface area (Å²) in [6.07, 6.45) is -0.903. The van der Waals surface area contributed by atoms with Crippen molar-refractivity contribution in [2.45, 2.75) is 31.1 Å². The summed E-state index contributed by atoms with van der Waals surface area (Å²) in [5.41, 5.74) is 0.264. The summed E-state index contributed by atoms with van der Waals surface area (Å²) in [4.78, 5) is 15.7. The van der Waals surface area contributed by atoms with Crippen molar-refractivity contribution in [3.63, 3.8) is 0 Å². The van der Waals surface area contributed by atoms with E-state index in [9.17, 15) is 18.0 Å². The zero-order valence-electron chi connectivity index (χ0n) is 10.4. The Kier molecular flexibility index (Phi) is 3.79. The molecule has 0 spiro atoms. The number of carbonyl (C=O) groups excluding carboxylic acids is 1. The Balaban J connectivity index is 1.84. The van der Waals surface area contributed by atoms with Crippen molar-refractivity contribution in [3.05, 3.63) is 18.2 Å². The number of imidazole rings is 1. The molecule has 1 aromatic rings. The second-order valence-electron chi connectivity index (χ2n) is 4.67. The molecule has 1 aromatic heterocycles. The number of aromatic nitrogens is 2. The van der Waals surface area contributed by atoms with Crippen LogP contribution in [0.5, 0.6) is 0 Å². The third-order valence-electron chi connectivity index (χ3n) is 3.08. The van der Waals surface area contributed by atoms with Crippen LogP contribution in [-0.2, 0) is 7.05 Å². The Bertz CT molecular complexity index is 449. The van der Waals surface area contributed by atoms with Gasteiger partial charge in [0, 0.05) is 25.8 Å². The van der Waals surface area contributed by atoms with Gasteiger partial charge in [-0.1, -0.05) is 0 Å². The second kappa shape index (κ2) is 5.20. The number of nitrogens with zero attached hydrogens (tertiary/aromatic N) is 2. The van der Waals surface area contributed by atoms with Crippen molar-refractivity contribution in [2.75, 3.05) is 6.54 Å². The standard InChI is InChI=1S/C11H15F3N4O/c1-18-5-8(16-6-18)10(19)17-7-2-3-9(15-4-7)11(12,13)14/h5-7,9,15H,2-4H2,1H3,(H,17,19). The quantitative estimate of drug-likeness (QED) is 0.841. The SMILES string of the molecule is Cn1cnc(C(=O)NC2CCC(C(F)(F)F)NC2)c1. The van der Waals surface area contributed by atoms with E-state index < -0.39 is 12.2 Å². The highest BCUT2D eigenvalue weighted by Gasteiger charge is 2.41. The summed E-state index contributed by atoms with van der Waals surface area (Å²) in [6, 6.07) is -1.77. The van der Waals surface area contributed by atoms with Gasteiger partial charge in [0.25, 0.3) is 5.91 Å². The van der Waals surface area contributed by atoms with Crippen LogP contribution in [0.25, 0.3) is 0 Å². The van der Waals surface area contributed by atoms with Crippen LogP contribution in [-0.4, -0.2) is 40.3 Å². The van der Waals surface area contributed by atoms with Gasteiger partial charge in [-0.15, -0.1) is 0 Å². The molecule has 19 heavy (non-hydrogen) atoms. The fraction of sp³-hybridized carbons (Fsp3) is 0.636. The molecule has 2 unspecified atom stereocenters. The molecule has 8 heteroatoms. The van der Waals surface area contributed by atoms with Gasteiger partial charge in [-0.05, 0) is 12.8 Å². The van der Waals surface area contributed by atoms with Crippen LogP contribution in [0.3, 0.4) is 0 Å². The molecule has 1 aliphatic rings. The number of rotatable bonds is 2. The van der Waals surface area contributed by atoms with E-state index in [1.807, 2.05) is 0 Å². The van der Waals surface area contributed by atoms with Crippen LogP contribution in [0.2, 0.25) is 0 Å². The van der Waals surface area contributed by atoms with E-state index >= 15 is 0 Å². The number of carbonyl (C=O) groups is 1. The normalized spacial score (nSPS) is 24.2. The zero-order chi connectivity index (χ0) is 14.0. The maximum Gasteiger partial charge on any atom is 0.403 e. The van der Waals surface area contributed by atoms with Gasteiger partial charge in [-0.25, -0.2) is 4.98 Å². The van der Waals surface area contributed by atoms with Gasteiger partial charge in [0.15, 0.2) is 0 Å². The minimum Gasteiger partial charge on any atom is -0.347 e. The monoisotopic (exact) mass is 276 g/mol. The second-order valence-corrected chi connectivity index (χ2v) is 4.67. The van der Waals surface area contributed by atoms with E-state index in [2.05, 4.69) is 15.6 Å². The van der Waals surface area contributed by atoms with Crippen LogP contribution in [0.1, 0.15) is 23.3 Å². The van der Waals surface area contributed by atoms with Gasteiger partial charge in [0.05, 0.1) is 6.33 Å². The molecule has 1 aliphatic heterocycles. The molecular formula is C11H15F3N4O. The van der Waals surface area contributed by atoms with E-state index in [-0.39, 0.29) is 30.6 Å². The third-order valence-corrected chi connectivity index (χ3v) is 3.08. The summed E-state index contributed by atoms with van der Waals surface area (Å²) in [5, 5.41) is 5.08. The van der Waals surface area contributed by atoms with Crippen molar-refractivity contribution in [2.24, 2.45) is 7.05 Å². The number of amides is 1. The molecule has 0 saturated carbocycles. The van der Waals surface area contributed by atoms with Gasteiger partial charge in [-0.3, -0.25) is 4.79 Å². The number of hydrogen-bond donors (Lipinski definition) is 2. The lowest BCUT2D eigenvalue weighted by atomic mass is 10.0. The van der Waals surface area contributed by atoms with Gasteiger partial charge in [0.2, 0.25) is 0 Å². The highest BCUT2D eigenvalue weighted by Crippen LogP contribution is 2.26. The van der Waals surface area contributed by atoms with Crippen molar-refractivity contribution in [3.8, 4) is 0 Å². The molecule has 1 fully saturated rings. The lowest BCUT2D eigenvalue weighted by molar-refractivity contribution is -0.160. The maximum atomic E-state index is 12.4. The van der Waals surface area contributed by atoms with Crippen LogP contribution >= 0.6 is 0 Å². The molecular weight excluding hydrogens is 261 g/mol. The number of piperidine rings is 1. The average molecular weight is 276 g/mol. The summed E-state index contributed by atoms with van der Waals surface area (Å²) in [7, 11) is 1.74. The first kappa shape index (κ1) is 13.9. The molecule has 2 rings (SSSR count). The van der Waals surface area contributed by atoms with Gasteiger partial charge in [0.1, 0.15) is 11.7 Å². The van der Waals surface area contributed by atoms with E-state index in [1.54, 1.807) is 17.8 Å². The lowest BCUT2D eigenvalue weighted by Crippen LogP contribution is -2.54. The first-order valence-electron chi connectivity index (χ1n) is 5.95. The molecule has 5 nitrogen and oxygen atoms in total. The van der Waals surface area contributed by atoms with Crippen molar-refractivity contribution < 1.29 is 18.0 Å². The average Bonchev–Trinajstić information content (AvgIpc) is 2.75. The number of halogens is 3. The molecule has 0 aromatic carbocycles. The maximum absolute atomic E-state index is 12.4. The molecule has 2 N–H and O–H groups in total. The van der Waals surface area contributed by atoms with Gasteiger partial charge < -0.3 is 15.2 Å². The molecule has 2 atom stereocenters. The van der Waals surface area contributed by atoms with Gasteiger partial charge in [-0.2, -0.15) is 13.2 Å².